The normalized spacial score (nSPS) is 12.7. The van der Waals surface area contributed by atoms with Crippen LogP contribution in [0.25, 0.3) is 0 Å². The molecular weight excluding hydrogens is 269 g/mol. The molecule has 0 aliphatic carbocycles. The van der Waals surface area contributed by atoms with Crippen molar-refractivity contribution in [2.45, 2.75) is 26.8 Å². The highest BCUT2D eigenvalue weighted by Gasteiger charge is 2.18. The van der Waals surface area contributed by atoms with Crippen molar-refractivity contribution >= 4 is 17.6 Å². The maximum atomic E-state index is 13.5. The highest BCUT2D eigenvalue weighted by atomic mass is 35.5. The maximum absolute atomic E-state index is 13.5. The van der Waals surface area contributed by atoms with Gasteiger partial charge >= 0.3 is 5.97 Å². The first-order valence-electron chi connectivity index (χ1n) is 6.27. The van der Waals surface area contributed by atoms with Gasteiger partial charge in [0, 0.05) is 23.7 Å². The van der Waals surface area contributed by atoms with Gasteiger partial charge in [-0.15, -0.1) is 0 Å². The second-order valence-corrected chi connectivity index (χ2v) is 5.47. The van der Waals surface area contributed by atoms with Crippen LogP contribution in [0, 0.1) is 17.7 Å². The van der Waals surface area contributed by atoms with Gasteiger partial charge in [0.1, 0.15) is 5.82 Å². The Balaban J connectivity index is 2.49. The maximum Gasteiger partial charge on any atom is 0.307 e. The number of nitrogens with one attached hydrogen (secondary N) is 1. The van der Waals surface area contributed by atoms with Crippen molar-refractivity contribution in [2.75, 3.05) is 6.54 Å². The van der Waals surface area contributed by atoms with E-state index in [9.17, 15) is 9.18 Å². The zero-order valence-electron chi connectivity index (χ0n) is 11.1. The number of benzene rings is 1. The molecule has 0 saturated heterocycles. The smallest absolute Gasteiger partial charge is 0.307 e. The molecule has 0 radical (unpaired) electrons. The number of carboxylic acid groups (broad SMARTS) is 1. The molecule has 1 aromatic carbocycles. The van der Waals surface area contributed by atoms with E-state index in [-0.39, 0.29) is 5.82 Å². The Morgan fingerprint density at radius 3 is 2.68 bits per heavy atom. The Morgan fingerprint density at radius 2 is 2.16 bits per heavy atom. The summed E-state index contributed by atoms with van der Waals surface area (Å²) in [4.78, 5) is 11.1. The van der Waals surface area contributed by atoms with E-state index in [0.29, 0.717) is 36.0 Å². The van der Waals surface area contributed by atoms with Crippen molar-refractivity contribution in [3.63, 3.8) is 0 Å². The molecule has 1 aromatic rings. The van der Waals surface area contributed by atoms with Crippen LogP contribution in [0.5, 0.6) is 0 Å². The third-order valence-electron chi connectivity index (χ3n) is 2.83. The van der Waals surface area contributed by atoms with Gasteiger partial charge in [-0.25, -0.2) is 4.39 Å². The van der Waals surface area contributed by atoms with Crippen LogP contribution in [0.4, 0.5) is 4.39 Å². The lowest BCUT2D eigenvalue weighted by molar-refractivity contribution is -0.142. The number of rotatable bonds is 7. The van der Waals surface area contributed by atoms with E-state index in [2.05, 4.69) is 5.32 Å². The number of aliphatic carboxylic acids is 1. The average molecular weight is 288 g/mol. The van der Waals surface area contributed by atoms with Crippen molar-refractivity contribution in [3.05, 3.63) is 34.6 Å². The summed E-state index contributed by atoms with van der Waals surface area (Å²) in [6, 6.07) is 4.47. The molecule has 5 heteroatoms. The third kappa shape index (κ3) is 5.57. The minimum Gasteiger partial charge on any atom is -0.481 e. The van der Waals surface area contributed by atoms with Gasteiger partial charge in [0.25, 0.3) is 0 Å². The van der Waals surface area contributed by atoms with Crippen LogP contribution in [-0.4, -0.2) is 17.6 Å². The molecule has 1 rings (SSSR count). The van der Waals surface area contributed by atoms with Gasteiger partial charge in [0.2, 0.25) is 0 Å². The molecule has 0 aromatic heterocycles. The predicted molar refractivity (Wildman–Crippen MR) is 73.7 cm³/mol. The average Bonchev–Trinajstić information content (AvgIpc) is 2.29. The number of hydrogen-bond donors (Lipinski definition) is 2. The van der Waals surface area contributed by atoms with E-state index >= 15 is 0 Å². The molecule has 0 aliphatic rings. The number of hydrogen-bond acceptors (Lipinski definition) is 2. The summed E-state index contributed by atoms with van der Waals surface area (Å²) < 4.78 is 13.5. The molecule has 2 N–H and O–H groups in total. The van der Waals surface area contributed by atoms with Crippen LogP contribution < -0.4 is 5.32 Å². The van der Waals surface area contributed by atoms with Crippen molar-refractivity contribution in [3.8, 4) is 0 Å². The molecule has 0 spiro atoms. The fraction of sp³-hybridized carbons (Fsp3) is 0.500. The van der Waals surface area contributed by atoms with Crippen LogP contribution in [0.1, 0.15) is 25.8 Å². The van der Waals surface area contributed by atoms with Crippen LogP contribution in [0.2, 0.25) is 5.02 Å². The Labute approximate surface area is 117 Å². The second-order valence-electron chi connectivity index (χ2n) is 5.03. The van der Waals surface area contributed by atoms with Gasteiger partial charge < -0.3 is 10.4 Å². The molecule has 1 atom stereocenters. The van der Waals surface area contributed by atoms with Gasteiger partial charge in [-0.1, -0.05) is 31.5 Å². The van der Waals surface area contributed by atoms with E-state index in [1.54, 1.807) is 12.1 Å². The second kappa shape index (κ2) is 7.46. The highest BCUT2D eigenvalue weighted by molar-refractivity contribution is 6.30. The lowest BCUT2D eigenvalue weighted by atomic mass is 9.97. The quantitative estimate of drug-likeness (QED) is 0.809. The summed E-state index contributed by atoms with van der Waals surface area (Å²) in [5.74, 6) is -1.33. The van der Waals surface area contributed by atoms with Crippen LogP contribution in [0.15, 0.2) is 18.2 Å². The lowest BCUT2D eigenvalue weighted by Gasteiger charge is -2.15. The van der Waals surface area contributed by atoms with E-state index < -0.39 is 11.9 Å². The molecule has 0 bridgehead atoms. The van der Waals surface area contributed by atoms with Gasteiger partial charge in [-0.2, -0.15) is 0 Å². The predicted octanol–water partition coefficient (Wildman–Crippen LogP) is 3.32. The topological polar surface area (TPSA) is 49.3 Å². The monoisotopic (exact) mass is 287 g/mol. The Kier molecular flexibility index (Phi) is 6.25. The van der Waals surface area contributed by atoms with Crippen molar-refractivity contribution in [1.29, 1.82) is 0 Å². The largest absolute Gasteiger partial charge is 0.481 e. The molecule has 0 aliphatic heterocycles. The fourth-order valence-electron chi connectivity index (χ4n) is 1.89. The van der Waals surface area contributed by atoms with Gasteiger partial charge in [0.05, 0.1) is 5.92 Å². The molecule has 0 heterocycles. The first kappa shape index (κ1) is 15.9. The molecule has 19 heavy (non-hydrogen) atoms. The third-order valence-corrected chi connectivity index (χ3v) is 3.06. The molecular formula is C14H19ClFNO2. The number of halogens is 2. The summed E-state index contributed by atoms with van der Waals surface area (Å²) in [7, 11) is 0. The molecule has 1 unspecified atom stereocenters. The van der Waals surface area contributed by atoms with Gasteiger partial charge in [0.15, 0.2) is 0 Å². The van der Waals surface area contributed by atoms with E-state index in [4.69, 9.17) is 16.7 Å². The highest BCUT2D eigenvalue weighted by Crippen LogP contribution is 2.15. The van der Waals surface area contributed by atoms with E-state index in [0.717, 1.165) is 0 Å². The Hall–Kier alpha value is -1.13. The number of carboxylic acids is 1. The van der Waals surface area contributed by atoms with Crippen molar-refractivity contribution < 1.29 is 14.3 Å². The van der Waals surface area contributed by atoms with Gasteiger partial charge in [-0.05, 0) is 24.5 Å². The van der Waals surface area contributed by atoms with E-state index in [1.165, 1.54) is 6.07 Å². The van der Waals surface area contributed by atoms with Crippen LogP contribution in [-0.2, 0) is 11.3 Å². The standard InChI is InChI=1S/C14H19ClFNO2/c1-9(2)5-11(14(18)19)8-17-7-10-3-4-12(15)6-13(10)16/h3-4,6,9,11,17H,5,7-8H2,1-2H3,(H,18,19). The molecule has 0 fully saturated rings. The van der Waals surface area contributed by atoms with Gasteiger partial charge in [-0.3, -0.25) is 4.79 Å². The minimum absolute atomic E-state index is 0.297. The summed E-state index contributed by atoms with van der Waals surface area (Å²) in [5.41, 5.74) is 0.484. The molecule has 106 valence electrons. The fourth-order valence-corrected chi connectivity index (χ4v) is 2.05. The van der Waals surface area contributed by atoms with Crippen molar-refractivity contribution in [1.82, 2.24) is 5.32 Å². The molecule has 0 amide bonds. The van der Waals surface area contributed by atoms with E-state index in [1.807, 2.05) is 13.8 Å². The van der Waals surface area contributed by atoms with Crippen molar-refractivity contribution in [2.24, 2.45) is 11.8 Å². The Morgan fingerprint density at radius 1 is 1.47 bits per heavy atom. The first-order valence-corrected chi connectivity index (χ1v) is 6.65. The summed E-state index contributed by atoms with van der Waals surface area (Å²) in [6.45, 7) is 4.59. The summed E-state index contributed by atoms with van der Waals surface area (Å²) in [5, 5.41) is 12.4. The SMILES string of the molecule is CC(C)CC(CNCc1ccc(Cl)cc1F)C(=O)O. The minimum atomic E-state index is -0.822. The van der Waals surface area contributed by atoms with Crippen LogP contribution in [0.3, 0.4) is 0 Å². The molecule has 0 saturated carbocycles. The lowest BCUT2D eigenvalue weighted by Crippen LogP contribution is -2.29. The number of carbonyl (C=O) groups is 1. The summed E-state index contributed by atoms with van der Waals surface area (Å²) >= 11 is 5.66. The van der Waals surface area contributed by atoms with Crippen LogP contribution >= 0.6 is 11.6 Å². The Bertz CT molecular complexity index is 437. The summed E-state index contributed by atoms with van der Waals surface area (Å²) in [6.07, 6.45) is 0.603. The zero-order valence-corrected chi connectivity index (χ0v) is 11.9. The molecule has 3 nitrogen and oxygen atoms in total. The zero-order chi connectivity index (χ0) is 14.4. The first-order chi connectivity index (χ1) is 8.90.